The minimum Gasteiger partial charge on any atom is -0.384 e. The topological polar surface area (TPSA) is 20.2 Å². The van der Waals surface area contributed by atoms with Gasteiger partial charge in [0.25, 0.3) is 0 Å². The Hall–Kier alpha value is -0.580. The first kappa shape index (κ1) is 11.9. The van der Waals surface area contributed by atoms with E-state index in [1.807, 2.05) is 42.5 Å². The summed E-state index contributed by atoms with van der Waals surface area (Å²) in [5.74, 6) is 0. The standard InChI is InChI=1S/C13H10ClIO/c14-12-7-2-1-6-11(12)13(16)9-4-3-5-10(15)8-9/h1-8,13,16H. The molecule has 0 aromatic heterocycles. The second kappa shape index (κ2) is 5.17. The van der Waals surface area contributed by atoms with Crippen LogP contribution in [0.3, 0.4) is 0 Å². The summed E-state index contributed by atoms with van der Waals surface area (Å²) in [5, 5.41) is 10.8. The Labute approximate surface area is 113 Å². The molecule has 0 aliphatic heterocycles. The van der Waals surface area contributed by atoms with Gasteiger partial charge in [-0.25, -0.2) is 0 Å². The Bertz CT molecular complexity index is 499. The van der Waals surface area contributed by atoms with Crippen molar-refractivity contribution in [1.29, 1.82) is 0 Å². The molecule has 0 radical (unpaired) electrons. The monoisotopic (exact) mass is 344 g/mol. The van der Waals surface area contributed by atoms with Gasteiger partial charge in [0.2, 0.25) is 0 Å². The minimum absolute atomic E-state index is 0.592. The van der Waals surface area contributed by atoms with Gasteiger partial charge in [-0.3, -0.25) is 0 Å². The Morgan fingerprint density at radius 1 is 1.06 bits per heavy atom. The number of benzene rings is 2. The average molecular weight is 345 g/mol. The van der Waals surface area contributed by atoms with E-state index in [-0.39, 0.29) is 0 Å². The lowest BCUT2D eigenvalue weighted by molar-refractivity contribution is 0.220. The maximum absolute atomic E-state index is 10.2. The van der Waals surface area contributed by atoms with Crippen molar-refractivity contribution in [3.8, 4) is 0 Å². The van der Waals surface area contributed by atoms with Gasteiger partial charge in [0.05, 0.1) is 0 Å². The smallest absolute Gasteiger partial charge is 0.106 e. The molecule has 0 aliphatic rings. The van der Waals surface area contributed by atoms with Crippen LogP contribution >= 0.6 is 34.2 Å². The van der Waals surface area contributed by atoms with Gasteiger partial charge in [-0.05, 0) is 46.4 Å². The third kappa shape index (κ3) is 2.56. The summed E-state index contributed by atoms with van der Waals surface area (Å²) in [7, 11) is 0. The van der Waals surface area contributed by atoms with Crippen LogP contribution in [-0.4, -0.2) is 5.11 Å². The molecule has 82 valence electrons. The second-order valence-corrected chi connectivity index (χ2v) is 5.13. The molecular weight excluding hydrogens is 334 g/mol. The zero-order valence-corrected chi connectivity index (χ0v) is 11.3. The molecule has 0 heterocycles. The molecule has 0 amide bonds. The fraction of sp³-hybridized carbons (Fsp3) is 0.0769. The van der Waals surface area contributed by atoms with Crippen molar-refractivity contribution >= 4 is 34.2 Å². The number of hydrogen-bond acceptors (Lipinski definition) is 1. The molecule has 0 aliphatic carbocycles. The first-order valence-corrected chi connectivity index (χ1v) is 6.32. The number of rotatable bonds is 2. The molecule has 2 aromatic rings. The fourth-order valence-corrected chi connectivity index (χ4v) is 2.36. The van der Waals surface area contributed by atoms with Crippen LogP contribution in [-0.2, 0) is 0 Å². The predicted molar refractivity (Wildman–Crippen MR) is 74.7 cm³/mol. The Morgan fingerprint density at radius 3 is 2.50 bits per heavy atom. The summed E-state index contributed by atoms with van der Waals surface area (Å²) in [6.07, 6.45) is -0.664. The van der Waals surface area contributed by atoms with Crippen LogP contribution in [0.5, 0.6) is 0 Å². The first-order chi connectivity index (χ1) is 7.68. The van der Waals surface area contributed by atoms with Gasteiger partial charge in [-0.1, -0.05) is 41.9 Å². The van der Waals surface area contributed by atoms with Crippen molar-refractivity contribution in [3.05, 3.63) is 68.3 Å². The summed E-state index contributed by atoms with van der Waals surface area (Å²) in [6, 6.07) is 15.1. The van der Waals surface area contributed by atoms with E-state index < -0.39 is 6.10 Å². The lowest BCUT2D eigenvalue weighted by Gasteiger charge is -2.13. The number of aliphatic hydroxyl groups is 1. The van der Waals surface area contributed by atoms with Gasteiger partial charge in [-0.15, -0.1) is 0 Å². The van der Waals surface area contributed by atoms with Crippen LogP contribution in [0.1, 0.15) is 17.2 Å². The minimum atomic E-state index is -0.664. The van der Waals surface area contributed by atoms with E-state index in [0.717, 1.165) is 14.7 Å². The van der Waals surface area contributed by atoms with E-state index >= 15 is 0 Å². The number of aliphatic hydroxyl groups excluding tert-OH is 1. The van der Waals surface area contributed by atoms with Gasteiger partial charge in [0.1, 0.15) is 6.10 Å². The van der Waals surface area contributed by atoms with Gasteiger partial charge in [0, 0.05) is 14.2 Å². The number of halogens is 2. The van der Waals surface area contributed by atoms with Crippen LogP contribution in [0.25, 0.3) is 0 Å². The summed E-state index contributed by atoms with van der Waals surface area (Å²) < 4.78 is 1.10. The predicted octanol–water partition coefficient (Wildman–Crippen LogP) is 4.03. The van der Waals surface area contributed by atoms with Crippen molar-refractivity contribution in [2.75, 3.05) is 0 Å². The largest absolute Gasteiger partial charge is 0.384 e. The molecule has 16 heavy (non-hydrogen) atoms. The third-order valence-corrected chi connectivity index (χ3v) is 3.38. The second-order valence-electron chi connectivity index (χ2n) is 3.48. The summed E-state index contributed by atoms with van der Waals surface area (Å²) in [5.41, 5.74) is 1.60. The Morgan fingerprint density at radius 2 is 1.81 bits per heavy atom. The molecule has 2 aromatic carbocycles. The lowest BCUT2D eigenvalue weighted by atomic mass is 10.0. The maximum Gasteiger partial charge on any atom is 0.106 e. The highest BCUT2D eigenvalue weighted by Gasteiger charge is 2.13. The summed E-state index contributed by atoms with van der Waals surface area (Å²) >= 11 is 8.27. The van der Waals surface area contributed by atoms with E-state index in [4.69, 9.17) is 11.6 Å². The average Bonchev–Trinajstić information content (AvgIpc) is 2.29. The highest BCUT2D eigenvalue weighted by Crippen LogP contribution is 2.28. The van der Waals surface area contributed by atoms with Crippen molar-refractivity contribution in [1.82, 2.24) is 0 Å². The Balaban J connectivity index is 2.39. The van der Waals surface area contributed by atoms with Crippen molar-refractivity contribution in [2.24, 2.45) is 0 Å². The van der Waals surface area contributed by atoms with Crippen molar-refractivity contribution < 1.29 is 5.11 Å². The van der Waals surface area contributed by atoms with Crippen LogP contribution in [0.4, 0.5) is 0 Å². The molecular formula is C13H10ClIO. The molecule has 1 N–H and O–H groups in total. The molecule has 0 saturated carbocycles. The van der Waals surface area contributed by atoms with Crippen LogP contribution in [0, 0.1) is 3.57 Å². The highest BCUT2D eigenvalue weighted by atomic mass is 127. The summed E-state index contributed by atoms with van der Waals surface area (Å²) in [6.45, 7) is 0. The van der Waals surface area contributed by atoms with Crippen molar-refractivity contribution in [3.63, 3.8) is 0 Å². The first-order valence-electron chi connectivity index (χ1n) is 4.86. The summed E-state index contributed by atoms with van der Waals surface area (Å²) in [4.78, 5) is 0. The zero-order chi connectivity index (χ0) is 11.5. The Kier molecular flexibility index (Phi) is 3.84. The molecule has 1 nitrogen and oxygen atoms in total. The molecule has 1 unspecified atom stereocenters. The lowest BCUT2D eigenvalue weighted by Crippen LogP contribution is -2.00. The molecule has 3 heteroatoms. The molecule has 0 spiro atoms. The van der Waals surface area contributed by atoms with Crippen LogP contribution in [0.15, 0.2) is 48.5 Å². The maximum atomic E-state index is 10.2. The SMILES string of the molecule is OC(c1cccc(I)c1)c1ccccc1Cl. The number of hydrogen-bond donors (Lipinski definition) is 1. The van der Waals surface area contributed by atoms with Crippen molar-refractivity contribution in [2.45, 2.75) is 6.10 Å². The quantitative estimate of drug-likeness (QED) is 0.816. The van der Waals surface area contributed by atoms with Gasteiger partial charge in [-0.2, -0.15) is 0 Å². The van der Waals surface area contributed by atoms with E-state index in [2.05, 4.69) is 22.6 Å². The zero-order valence-electron chi connectivity index (χ0n) is 8.40. The fourth-order valence-electron chi connectivity index (χ4n) is 1.55. The van der Waals surface area contributed by atoms with E-state index in [1.54, 1.807) is 6.07 Å². The molecule has 2 rings (SSSR count). The molecule has 0 fully saturated rings. The van der Waals surface area contributed by atoms with Gasteiger partial charge >= 0.3 is 0 Å². The van der Waals surface area contributed by atoms with Crippen LogP contribution in [0.2, 0.25) is 5.02 Å². The van der Waals surface area contributed by atoms with Gasteiger partial charge < -0.3 is 5.11 Å². The highest BCUT2D eigenvalue weighted by molar-refractivity contribution is 14.1. The molecule has 0 saturated heterocycles. The van der Waals surface area contributed by atoms with Crippen LogP contribution < -0.4 is 0 Å². The molecule has 0 bridgehead atoms. The van der Waals surface area contributed by atoms with E-state index in [1.165, 1.54) is 0 Å². The van der Waals surface area contributed by atoms with E-state index in [0.29, 0.717) is 5.02 Å². The van der Waals surface area contributed by atoms with Gasteiger partial charge in [0.15, 0.2) is 0 Å². The van der Waals surface area contributed by atoms with E-state index in [9.17, 15) is 5.11 Å². The molecule has 1 atom stereocenters. The third-order valence-electron chi connectivity index (χ3n) is 2.36. The normalized spacial score (nSPS) is 12.4.